The van der Waals surface area contributed by atoms with E-state index in [1.807, 2.05) is 0 Å². The third-order valence-corrected chi connectivity index (χ3v) is 6.48. The molecule has 2 aliphatic rings. The van der Waals surface area contributed by atoms with Crippen molar-refractivity contribution in [2.75, 3.05) is 25.0 Å². The molecule has 36 heavy (non-hydrogen) atoms. The third kappa shape index (κ3) is 5.13. The van der Waals surface area contributed by atoms with E-state index in [9.17, 15) is 22.8 Å². The highest BCUT2D eigenvalue weighted by Crippen LogP contribution is 2.28. The quantitative estimate of drug-likeness (QED) is 0.531. The van der Waals surface area contributed by atoms with Crippen LogP contribution in [0.2, 0.25) is 0 Å². The SMILES string of the molecule is O=c1c(Nc2nn(-c3ccc(OC(F)(F)F)cc3)c(=O)c3c2CCC3)cncn1CCN1CCCC1. The summed E-state index contributed by atoms with van der Waals surface area (Å²) in [5.74, 6) is -0.0439. The zero-order valence-corrected chi connectivity index (χ0v) is 19.4. The van der Waals surface area contributed by atoms with E-state index < -0.39 is 12.1 Å². The van der Waals surface area contributed by atoms with Gasteiger partial charge in [-0.3, -0.25) is 14.2 Å². The first kappa shape index (κ1) is 24.0. The minimum atomic E-state index is -4.81. The van der Waals surface area contributed by atoms with Gasteiger partial charge >= 0.3 is 6.36 Å². The highest BCUT2D eigenvalue weighted by Gasteiger charge is 2.31. The van der Waals surface area contributed by atoms with E-state index in [2.05, 4.69) is 25.0 Å². The lowest BCUT2D eigenvalue weighted by Gasteiger charge is -2.16. The number of rotatable bonds is 7. The van der Waals surface area contributed by atoms with Crippen LogP contribution in [0.1, 0.15) is 30.4 Å². The van der Waals surface area contributed by atoms with Crippen LogP contribution in [-0.4, -0.2) is 50.2 Å². The molecule has 1 saturated heterocycles. The van der Waals surface area contributed by atoms with Gasteiger partial charge in [-0.25, -0.2) is 4.98 Å². The molecule has 3 heterocycles. The van der Waals surface area contributed by atoms with Gasteiger partial charge in [0.1, 0.15) is 11.4 Å². The molecule has 0 radical (unpaired) electrons. The van der Waals surface area contributed by atoms with E-state index in [4.69, 9.17) is 0 Å². The molecule has 0 spiro atoms. The van der Waals surface area contributed by atoms with E-state index in [1.54, 1.807) is 4.57 Å². The number of nitrogens with zero attached hydrogens (tertiary/aromatic N) is 5. The van der Waals surface area contributed by atoms with Crippen LogP contribution in [0.3, 0.4) is 0 Å². The van der Waals surface area contributed by atoms with Gasteiger partial charge < -0.3 is 15.0 Å². The maximum absolute atomic E-state index is 13.1. The van der Waals surface area contributed by atoms with Gasteiger partial charge in [0.05, 0.1) is 18.2 Å². The Hall–Kier alpha value is -3.67. The lowest BCUT2D eigenvalue weighted by molar-refractivity contribution is -0.274. The number of hydrogen-bond acceptors (Lipinski definition) is 7. The molecule has 0 saturated carbocycles. The molecule has 1 fully saturated rings. The van der Waals surface area contributed by atoms with Crippen LogP contribution in [0.4, 0.5) is 24.7 Å². The zero-order valence-electron chi connectivity index (χ0n) is 19.4. The maximum atomic E-state index is 13.1. The summed E-state index contributed by atoms with van der Waals surface area (Å²) in [6.07, 6.45) is 2.39. The van der Waals surface area contributed by atoms with Crippen LogP contribution in [0, 0.1) is 0 Å². The number of alkyl halides is 3. The van der Waals surface area contributed by atoms with Crippen LogP contribution < -0.4 is 21.2 Å². The number of hydrogen-bond donors (Lipinski definition) is 1. The smallest absolute Gasteiger partial charge is 0.406 e. The monoisotopic (exact) mass is 502 g/mol. The fraction of sp³-hybridized carbons (Fsp3) is 0.417. The summed E-state index contributed by atoms with van der Waals surface area (Å²) in [6.45, 7) is 3.33. The van der Waals surface area contributed by atoms with Gasteiger partial charge in [0.15, 0.2) is 5.82 Å². The van der Waals surface area contributed by atoms with Gasteiger partial charge in [0.25, 0.3) is 11.1 Å². The standard InChI is InChI=1S/C24H25F3N6O3/c25-24(26,27)36-17-8-6-16(7-9-17)33-22(34)19-5-3-4-18(19)21(30-33)29-20-14-28-15-32(23(20)35)13-12-31-10-1-2-11-31/h6-9,14-15H,1-5,10-13H2,(H,29,30). The Morgan fingerprint density at radius 3 is 2.39 bits per heavy atom. The third-order valence-electron chi connectivity index (χ3n) is 6.48. The molecular formula is C24H25F3N6O3. The Morgan fingerprint density at radius 1 is 0.944 bits per heavy atom. The fourth-order valence-corrected chi connectivity index (χ4v) is 4.72. The highest BCUT2D eigenvalue weighted by atomic mass is 19.4. The molecule has 0 amide bonds. The van der Waals surface area contributed by atoms with Crippen molar-refractivity contribution < 1.29 is 17.9 Å². The summed E-state index contributed by atoms with van der Waals surface area (Å²) in [6, 6.07) is 4.90. The molecular weight excluding hydrogens is 477 g/mol. The van der Waals surface area contributed by atoms with Crippen LogP contribution in [-0.2, 0) is 19.4 Å². The number of ether oxygens (including phenoxy) is 1. The number of likely N-dealkylation sites (tertiary alicyclic amines) is 1. The molecule has 0 bridgehead atoms. The largest absolute Gasteiger partial charge is 0.573 e. The van der Waals surface area contributed by atoms with Crippen molar-refractivity contribution in [2.24, 2.45) is 0 Å². The predicted molar refractivity (Wildman–Crippen MR) is 126 cm³/mol. The van der Waals surface area contributed by atoms with Crippen LogP contribution in [0.5, 0.6) is 5.75 Å². The first-order valence-electron chi connectivity index (χ1n) is 11.8. The van der Waals surface area contributed by atoms with E-state index in [-0.39, 0.29) is 22.5 Å². The summed E-state index contributed by atoms with van der Waals surface area (Å²) in [7, 11) is 0. The number of nitrogens with one attached hydrogen (secondary N) is 1. The Kier molecular flexibility index (Phi) is 6.52. The number of aromatic nitrogens is 4. The average molecular weight is 502 g/mol. The molecule has 3 aromatic rings. The second-order valence-corrected chi connectivity index (χ2v) is 8.90. The maximum Gasteiger partial charge on any atom is 0.573 e. The zero-order chi connectivity index (χ0) is 25.3. The summed E-state index contributed by atoms with van der Waals surface area (Å²) in [5, 5.41) is 7.51. The van der Waals surface area contributed by atoms with Gasteiger partial charge in [0.2, 0.25) is 0 Å². The number of anilines is 2. The van der Waals surface area contributed by atoms with E-state index in [0.717, 1.165) is 48.4 Å². The van der Waals surface area contributed by atoms with Crippen molar-refractivity contribution in [1.29, 1.82) is 0 Å². The van der Waals surface area contributed by atoms with Crippen molar-refractivity contribution in [1.82, 2.24) is 24.2 Å². The van der Waals surface area contributed by atoms with Gasteiger partial charge in [-0.2, -0.15) is 4.68 Å². The van der Waals surface area contributed by atoms with Gasteiger partial charge in [0, 0.05) is 24.2 Å². The van der Waals surface area contributed by atoms with Crippen molar-refractivity contribution in [3.8, 4) is 11.4 Å². The van der Waals surface area contributed by atoms with Gasteiger partial charge in [-0.15, -0.1) is 18.3 Å². The van der Waals surface area contributed by atoms with Crippen LogP contribution in [0.15, 0.2) is 46.4 Å². The highest BCUT2D eigenvalue weighted by molar-refractivity contribution is 5.60. The molecule has 1 aliphatic carbocycles. The Morgan fingerprint density at radius 2 is 1.67 bits per heavy atom. The minimum Gasteiger partial charge on any atom is -0.406 e. The second kappa shape index (κ2) is 9.76. The molecule has 1 aromatic carbocycles. The Balaban J connectivity index is 1.44. The van der Waals surface area contributed by atoms with Crippen molar-refractivity contribution >= 4 is 11.5 Å². The van der Waals surface area contributed by atoms with Crippen LogP contribution >= 0.6 is 0 Å². The molecule has 12 heteroatoms. The van der Waals surface area contributed by atoms with E-state index in [0.29, 0.717) is 30.8 Å². The van der Waals surface area contributed by atoms with Gasteiger partial charge in [-0.1, -0.05) is 0 Å². The van der Waals surface area contributed by atoms with E-state index >= 15 is 0 Å². The normalized spacial score (nSPS) is 15.8. The molecule has 0 unspecified atom stereocenters. The second-order valence-electron chi connectivity index (χ2n) is 8.90. The molecule has 1 N–H and O–H groups in total. The van der Waals surface area contributed by atoms with E-state index in [1.165, 1.54) is 37.5 Å². The Labute approximate surface area is 204 Å². The topological polar surface area (TPSA) is 94.3 Å². The van der Waals surface area contributed by atoms with Crippen molar-refractivity contribution in [3.63, 3.8) is 0 Å². The number of fused-ring (bicyclic) bond motifs is 1. The lowest BCUT2D eigenvalue weighted by Crippen LogP contribution is -2.31. The first-order valence-corrected chi connectivity index (χ1v) is 11.8. The molecule has 9 nitrogen and oxygen atoms in total. The van der Waals surface area contributed by atoms with Crippen molar-refractivity contribution in [3.05, 3.63) is 68.6 Å². The van der Waals surface area contributed by atoms with Gasteiger partial charge in [-0.05, 0) is 69.5 Å². The molecule has 1 aliphatic heterocycles. The number of benzene rings is 1. The fourth-order valence-electron chi connectivity index (χ4n) is 4.72. The first-order chi connectivity index (χ1) is 17.3. The average Bonchev–Trinajstić information content (AvgIpc) is 3.54. The summed E-state index contributed by atoms with van der Waals surface area (Å²) in [4.78, 5) is 32.7. The van der Waals surface area contributed by atoms with Crippen molar-refractivity contribution in [2.45, 2.75) is 45.0 Å². The molecule has 5 rings (SSSR count). The summed E-state index contributed by atoms with van der Waals surface area (Å²) >= 11 is 0. The molecule has 0 atom stereocenters. The molecule has 2 aromatic heterocycles. The Bertz CT molecular complexity index is 1360. The summed E-state index contributed by atoms with van der Waals surface area (Å²) < 4.78 is 44.1. The summed E-state index contributed by atoms with van der Waals surface area (Å²) in [5.41, 5.74) is 1.23. The lowest BCUT2D eigenvalue weighted by atomic mass is 10.2. The predicted octanol–water partition coefficient (Wildman–Crippen LogP) is 3.02. The number of halogens is 3. The minimum absolute atomic E-state index is 0.236. The van der Waals surface area contributed by atoms with Crippen LogP contribution in [0.25, 0.3) is 5.69 Å². The molecule has 190 valence electrons.